The standard InChI is InChI=1S/C13H15N3OS/c1-9(2)17-10-4-3-5-11(13(10)14)18-12-8-15-6-7-16-12/h3-9H,14H2,1-2H3. The van der Waals surface area contributed by atoms with Crippen molar-refractivity contribution in [2.75, 3.05) is 5.73 Å². The summed E-state index contributed by atoms with van der Waals surface area (Å²) in [7, 11) is 0. The van der Waals surface area contributed by atoms with Crippen LogP contribution in [0.2, 0.25) is 0 Å². The quantitative estimate of drug-likeness (QED) is 0.857. The number of nitrogen functional groups attached to an aromatic ring is 1. The van der Waals surface area contributed by atoms with E-state index in [1.54, 1.807) is 18.6 Å². The lowest BCUT2D eigenvalue weighted by atomic mass is 10.3. The summed E-state index contributed by atoms with van der Waals surface area (Å²) in [5, 5.41) is 0.811. The molecule has 2 rings (SSSR count). The molecule has 0 bridgehead atoms. The van der Waals surface area contributed by atoms with Gasteiger partial charge in [0.1, 0.15) is 10.8 Å². The Balaban J connectivity index is 2.23. The molecular formula is C13H15N3OS. The molecule has 0 spiro atoms. The van der Waals surface area contributed by atoms with E-state index < -0.39 is 0 Å². The second kappa shape index (κ2) is 5.73. The lowest BCUT2D eigenvalue weighted by Crippen LogP contribution is -2.07. The molecule has 0 saturated heterocycles. The first kappa shape index (κ1) is 12.7. The van der Waals surface area contributed by atoms with Crippen LogP contribution < -0.4 is 10.5 Å². The highest BCUT2D eigenvalue weighted by atomic mass is 32.2. The van der Waals surface area contributed by atoms with Crippen LogP contribution in [-0.2, 0) is 0 Å². The Morgan fingerprint density at radius 1 is 1.28 bits per heavy atom. The number of anilines is 1. The molecule has 0 saturated carbocycles. The molecule has 0 aliphatic heterocycles. The number of para-hydroxylation sites is 1. The molecule has 0 unspecified atom stereocenters. The van der Waals surface area contributed by atoms with Crippen LogP contribution in [0.1, 0.15) is 13.8 Å². The number of nitrogens with two attached hydrogens (primary N) is 1. The minimum absolute atomic E-state index is 0.101. The number of nitrogens with zero attached hydrogens (tertiary/aromatic N) is 2. The van der Waals surface area contributed by atoms with Crippen LogP contribution in [0.4, 0.5) is 5.69 Å². The third-order valence-corrected chi connectivity index (χ3v) is 3.14. The summed E-state index contributed by atoms with van der Waals surface area (Å²) in [5.41, 5.74) is 6.73. The van der Waals surface area contributed by atoms with Crippen molar-refractivity contribution in [2.24, 2.45) is 0 Å². The van der Waals surface area contributed by atoms with Crippen LogP contribution in [-0.4, -0.2) is 16.1 Å². The summed E-state index contributed by atoms with van der Waals surface area (Å²) >= 11 is 1.48. The van der Waals surface area contributed by atoms with Gasteiger partial charge in [0, 0.05) is 17.3 Å². The number of benzene rings is 1. The molecule has 1 aromatic carbocycles. The Hall–Kier alpha value is -1.75. The summed E-state index contributed by atoms with van der Waals surface area (Å²) in [6, 6.07) is 5.74. The Morgan fingerprint density at radius 3 is 2.78 bits per heavy atom. The van der Waals surface area contributed by atoms with Gasteiger partial charge in [-0.2, -0.15) is 0 Å². The molecule has 94 valence electrons. The van der Waals surface area contributed by atoms with Gasteiger partial charge in [0.2, 0.25) is 0 Å². The topological polar surface area (TPSA) is 61.0 Å². The maximum atomic E-state index is 6.09. The smallest absolute Gasteiger partial charge is 0.143 e. The van der Waals surface area contributed by atoms with E-state index in [0.717, 1.165) is 9.92 Å². The van der Waals surface area contributed by atoms with Crippen molar-refractivity contribution in [3.8, 4) is 5.75 Å². The molecule has 0 aliphatic carbocycles. The van der Waals surface area contributed by atoms with Gasteiger partial charge in [0.05, 0.1) is 18.0 Å². The van der Waals surface area contributed by atoms with Crippen LogP contribution in [0.3, 0.4) is 0 Å². The number of ether oxygens (including phenoxy) is 1. The Bertz CT molecular complexity index is 517. The number of hydrogen-bond donors (Lipinski definition) is 1. The van der Waals surface area contributed by atoms with Crippen LogP contribution in [0.25, 0.3) is 0 Å². The monoisotopic (exact) mass is 261 g/mol. The van der Waals surface area contributed by atoms with Gasteiger partial charge in [0.15, 0.2) is 0 Å². The fraction of sp³-hybridized carbons (Fsp3) is 0.231. The summed E-state index contributed by atoms with van der Waals surface area (Å²) in [4.78, 5) is 9.16. The fourth-order valence-electron chi connectivity index (χ4n) is 1.42. The lowest BCUT2D eigenvalue weighted by Gasteiger charge is -2.14. The van der Waals surface area contributed by atoms with Crippen molar-refractivity contribution >= 4 is 17.4 Å². The van der Waals surface area contributed by atoms with Crippen LogP contribution in [0.15, 0.2) is 46.7 Å². The highest BCUT2D eigenvalue weighted by Gasteiger charge is 2.09. The van der Waals surface area contributed by atoms with Gasteiger partial charge in [-0.25, -0.2) is 4.98 Å². The second-order valence-corrected chi connectivity index (χ2v) is 5.04. The van der Waals surface area contributed by atoms with Gasteiger partial charge in [0.25, 0.3) is 0 Å². The van der Waals surface area contributed by atoms with Gasteiger partial charge in [-0.1, -0.05) is 17.8 Å². The van der Waals surface area contributed by atoms with Gasteiger partial charge in [-0.3, -0.25) is 4.98 Å². The molecule has 0 fully saturated rings. The van der Waals surface area contributed by atoms with Crippen molar-refractivity contribution in [2.45, 2.75) is 29.9 Å². The van der Waals surface area contributed by atoms with E-state index in [1.165, 1.54) is 11.8 Å². The molecule has 0 aliphatic rings. The van der Waals surface area contributed by atoms with Gasteiger partial charge >= 0.3 is 0 Å². The first-order valence-electron chi connectivity index (χ1n) is 5.66. The normalized spacial score (nSPS) is 10.6. The molecule has 18 heavy (non-hydrogen) atoms. The van der Waals surface area contributed by atoms with E-state index in [2.05, 4.69) is 9.97 Å². The summed E-state index contributed by atoms with van der Waals surface area (Å²) in [5.74, 6) is 0.707. The van der Waals surface area contributed by atoms with Crippen LogP contribution in [0.5, 0.6) is 5.75 Å². The average Bonchev–Trinajstić information content (AvgIpc) is 2.35. The lowest BCUT2D eigenvalue weighted by molar-refractivity contribution is 0.243. The van der Waals surface area contributed by atoms with E-state index in [0.29, 0.717) is 11.4 Å². The zero-order chi connectivity index (χ0) is 13.0. The number of aromatic nitrogens is 2. The highest BCUT2D eigenvalue weighted by molar-refractivity contribution is 7.99. The maximum Gasteiger partial charge on any atom is 0.143 e. The second-order valence-electron chi connectivity index (χ2n) is 3.98. The summed E-state index contributed by atoms with van der Waals surface area (Å²) in [6.45, 7) is 3.95. The van der Waals surface area contributed by atoms with Crippen molar-refractivity contribution in [3.63, 3.8) is 0 Å². The Morgan fingerprint density at radius 2 is 2.11 bits per heavy atom. The first-order chi connectivity index (χ1) is 8.66. The third kappa shape index (κ3) is 3.13. The Kier molecular flexibility index (Phi) is 4.04. The molecule has 2 N–H and O–H groups in total. The zero-order valence-corrected chi connectivity index (χ0v) is 11.1. The highest BCUT2D eigenvalue weighted by Crippen LogP contribution is 2.36. The minimum Gasteiger partial charge on any atom is -0.489 e. The molecule has 4 nitrogen and oxygen atoms in total. The predicted octanol–water partition coefficient (Wildman–Crippen LogP) is 3.00. The van der Waals surface area contributed by atoms with Crippen LogP contribution >= 0.6 is 11.8 Å². The number of hydrogen-bond acceptors (Lipinski definition) is 5. The summed E-state index contributed by atoms with van der Waals surface area (Å²) < 4.78 is 5.65. The molecule has 1 aromatic heterocycles. The summed E-state index contributed by atoms with van der Waals surface area (Å²) in [6.07, 6.45) is 5.11. The minimum atomic E-state index is 0.101. The molecule has 1 heterocycles. The zero-order valence-electron chi connectivity index (χ0n) is 10.3. The number of rotatable bonds is 4. The maximum absolute atomic E-state index is 6.09. The molecular weight excluding hydrogens is 246 g/mol. The fourth-order valence-corrected chi connectivity index (χ4v) is 2.23. The Labute approximate surface area is 111 Å². The molecule has 0 amide bonds. The van der Waals surface area contributed by atoms with E-state index in [1.807, 2.05) is 32.0 Å². The van der Waals surface area contributed by atoms with Crippen molar-refractivity contribution in [1.82, 2.24) is 9.97 Å². The molecule has 5 heteroatoms. The largest absolute Gasteiger partial charge is 0.489 e. The van der Waals surface area contributed by atoms with E-state index >= 15 is 0 Å². The predicted molar refractivity (Wildman–Crippen MR) is 72.8 cm³/mol. The van der Waals surface area contributed by atoms with Crippen molar-refractivity contribution < 1.29 is 4.74 Å². The van der Waals surface area contributed by atoms with Gasteiger partial charge < -0.3 is 10.5 Å². The molecule has 2 aromatic rings. The van der Waals surface area contributed by atoms with E-state index in [-0.39, 0.29) is 6.10 Å². The van der Waals surface area contributed by atoms with E-state index in [4.69, 9.17) is 10.5 Å². The first-order valence-corrected chi connectivity index (χ1v) is 6.47. The van der Waals surface area contributed by atoms with Gasteiger partial charge in [-0.05, 0) is 26.0 Å². The van der Waals surface area contributed by atoms with Crippen LogP contribution in [0, 0.1) is 0 Å². The molecule has 0 atom stereocenters. The average molecular weight is 261 g/mol. The van der Waals surface area contributed by atoms with Crippen molar-refractivity contribution in [3.05, 3.63) is 36.8 Å². The van der Waals surface area contributed by atoms with E-state index in [9.17, 15) is 0 Å². The van der Waals surface area contributed by atoms with Gasteiger partial charge in [-0.15, -0.1) is 0 Å². The van der Waals surface area contributed by atoms with Crippen molar-refractivity contribution in [1.29, 1.82) is 0 Å². The SMILES string of the molecule is CC(C)Oc1cccc(Sc2cnccn2)c1N. The third-order valence-electron chi connectivity index (χ3n) is 2.14. The molecule has 0 radical (unpaired) electrons.